The Bertz CT molecular complexity index is 781. The van der Waals surface area contributed by atoms with Crippen molar-refractivity contribution < 1.29 is 9.90 Å². The molecule has 0 saturated carbocycles. The summed E-state index contributed by atoms with van der Waals surface area (Å²) in [7, 11) is 0. The molecule has 0 atom stereocenters. The number of nitrogens with one attached hydrogen (secondary N) is 2. The van der Waals surface area contributed by atoms with Gasteiger partial charge in [0.1, 0.15) is 0 Å². The number of H-pyrrole nitrogens is 2. The van der Waals surface area contributed by atoms with Crippen molar-refractivity contribution in [2.45, 2.75) is 13.8 Å². The third kappa shape index (κ3) is 1.73. The second-order valence-electron chi connectivity index (χ2n) is 4.75. The van der Waals surface area contributed by atoms with E-state index in [9.17, 15) is 9.90 Å². The van der Waals surface area contributed by atoms with Gasteiger partial charge in [-0.15, -0.1) is 0 Å². The highest BCUT2D eigenvalue weighted by Gasteiger charge is 2.18. The first-order chi connectivity index (χ1) is 9.08. The van der Waals surface area contributed by atoms with Crippen LogP contribution in [0.4, 0.5) is 0 Å². The van der Waals surface area contributed by atoms with Gasteiger partial charge in [0.15, 0.2) is 0 Å². The predicted octanol–water partition coefficient (Wildman–Crippen LogP) is 3.48. The van der Waals surface area contributed by atoms with E-state index in [-0.39, 0.29) is 0 Å². The van der Waals surface area contributed by atoms with E-state index >= 15 is 0 Å². The molecule has 0 unspecified atom stereocenters. The highest BCUT2D eigenvalue weighted by Crippen LogP contribution is 2.33. The van der Waals surface area contributed by atoms with Crippen molar-refractivity contribution in [3.8, 4) is 11.3 Å². The monoisotopic (exact) mass is 254 g/mol. The van der Waals surface area contributed by atoms with Gasteiger partial charge < -0.3 is 15.1 Å². The number of hydrogen-bond donors (Lipinski definition) is 3. The smallest absolute Gasteiger partial charge is 0.337 e. The van der Waals surface area contributed by atoms with E-state index < -0.39 is 5.97 Å². The number of aromatic nitrogens is 2. The molecule has 1 aromatic carbocycles. The molecule has 3 rings (SSSR count). The third-order valence-electron chi connectivity index (χ3n) is 3.37. The number of hydrogen-bond acceptors (Lipinski definition) is 1. The lowest BCUT2D eigenvalue weighted by molar-refractivity contribution is 0.0698. The van der Waals surface area contributed by atoms with E-state index in [4.69, 9.17) is 0 Å². The van der Waals surface area contributed by atoms with Crippen LogP contribution < -0.4 is 0 Å². The zero-order valence-corrected chi connectivity index (χ0v) is 10.7. The summed E-state index contributed by atoms with van der Waals surface area (Å²) >= 11 is 0. The molecule has 0 amide bonds. The quantitative estimate of drug-likeness (QED) is 0.655. The van der Waals surface area contributed by atoms with Gasteiger partial charge in [-0.1, -0.05) is 11.6 Å². The predicted molar refractivity (Wildman–Crippen MR) is 74.5 cm³/mol. The van der Waals surface area contributed by atoms with E-state index in [1.54, 1.807) is 12.3 Å². The topological polar surface area (TPSA) is 68.9 Å². The summed E-state index contributed by atoms with van der Waals surface area (Å²) in [5.74, 6) is -0.919. The molecule has 0 aliphatic rings. The summed E-state index contributed by atoms with van der Waals surface area (Å²) < 4.78 is 0. The van der Waals surface area contributed by atoms with E-state index in [1.165, 1.54) is 0 Å². The first kappa shape index (κ1) is 11.6. The van der Waals surface area contributed by atoms with Gasteiger partial charge in [-0.05, 0) is 32.0 Å². The molecule has 0 aliphatic heterocycles. The maximum absolute atomic E-state index is 11.3. The van der Waals surface area contributed by atoms with Gasteiger partial charge in [-0.3, -0.25) is 0 Å². The molecule has 3 aromatic rings. The molecule has 4 nitrogen and oxygen atoms in total. The Balaban J connectivity index is 2.35. The summed E-state index contributed by atoms with van der Waals surface area (Å²) in [5.41, 5.74) is 5.01. The Labute approximate surface area is 110 Å². The van der Waals surface area contributed by atoms with Crippen LogP contribution in [-0.2, 0) is 0 Å². The molecule has 0 bridgehead atoms. The Hall–Kier alpha value is -2.49. The van der Waals surface area contributed by atoms with E-state index in [0.29, 0.717) is 11.3 Å². The molecule has 0 fully saturated rings. The van der Waals surface area contributed by atoms with Gasteiger partial charge in [0.2, 0.25) is 0 Å². The average molecular weight is 254 g/mol. The van der Waals surface area contributed by atoms with Crippen molar-refractivity contribution in [1.82, 2.24) is 9.97 Å². The van der Waals surface area contributed by atoms with E-state index in [2.05, 4.69) is 16.0 Å². The molecule has 2 aromatic heterocycles. The minimum Gasteiger partial charge on any atom is -0.478 e. The Morgan fingerprint density at radius 1 is 1.21 bits per heavy atom. The second kappa shape index (κ2) is 4.02. The van der Waals surface area contributed by atoms with E-state index in [1.807, 2.05) is 26.0 Å². The summed E-state index contributed by atoms with van der Waals surface area (Å²) in [5, 5.41) is 10.3. The SMILES string of the molecule is Cc1ccc2[nH]c(C)c(-c3[nH]ccc3C(=O)O)c2c1. The number of fused-ring (bicyclic) bond motifs is 1. The van der Waals surface area contributed by atoms with Crippen molar-refractivity contribution in [2.75, 3.05) is 0 Å². The number of benzene rings is 1. The van der Waals surface area contributed by atoms with Crippen LogP contribution in [0.3, 0.4) is 0 Å². The molecular formula is C15H14N2O2. The standard InChI is InChI=1S/C15H14N2O2/c1-8-3-4-12-11(7-8)13(9(2)17-12)14-10(15(18)19)5-6-16-14/h3-7,16-17H,1-2H3,(H,18,19). The third-order valence-corrected chi connectivity index (χ3v) is 3.37. The Morgan fingerprint density at radius 2 is 2.00 bits per heavy atom. The highest BCUT2D eigenvalue weighted by molar-refractivity contribution is 6.03. The molecule has 0 saturated heterocycles. The summed E-state index contributed by atoms with van der Waals surface area (Å²) in [6, 6.07) is 7.71. The van der Waals surface area contributed by atoms with Gasteiger partial charge in [-0.2, -0.15) is 0 Å². The molecule has 3 N–H and O–H groups in total. The molecule has 0 aliphatic carbocycles. The zero-order chi connectivity index (χ0) is 13.6. The normalized spacial score (nSPS) is 11.1. The molecule has 19 heavy (non-hydrogen) atoms. The minimum absolute atomic E-state index is 0.297. The van der Waals surface area contributed by atoms with Crippen LogP contribution in [0.15, 0.2) is 30.5 Å². The number of aromatic carboxylic acids is 1. The second-order valence-corrected chi connectivity index (χ2v) is 4.75. The number of aryl methyl sites for hydroxylation is 2. The van der Waals surface area contributed by atoms with Crippen molar-refractivity contribution in [2.24, 2.45) is 0 Å². The van der Waals surface area contributed by atoms with Crippen LogP contribution in [0.25, 0.3) is 22.2 Å². The molecular weight excluding hydrogens is 240 g/mol. The van der Waals surface area contributed by atoms with Crippen LogP contribution in [0.2, 0.25) is 0 Å². The molecule has 2 heterocycles. The van der Waals surface area contributed by atoms with Crippen LogP contribution in [0.5, 0.6) is 0 Å². The Morgan fingerprint density at radius 3 is 2.74 bits per heavy atom. The number of carboxylic acids is 1. The van der Waals surface area contributed by atoms with Gasteiger partial charge in [0.25, 0.3) is 0 Å². The molecule has 0 radical (unpaired) electrons. The number of rotatable bonds is 2. The van der Waals surface area contributed by atoms with Crippen LogP contribution >= 0.6 is 0 Å². The molecule has 96 valence electrons. The van der Waals surface area contributed by atoms with Crippen LogP contribution in [-0.4, -0.2) is 21.0 Å². The first-order valence-corrected chi connectivity index (χ1v) is 6.08. The average Bonchev–Trinajstić information content (AvgIpc) is 2.91. The summed E-state index contributed by atoms with van der Waals surface area (Å²) in [4.78, 5) is 17.6. The lowest BCUT2D eigenvalue weighted by Crippen LogP contribution is -1.97. The van der Waals surface area contributed by atoms with Gasteiger partial charge in [-0.25, -0.2) is 4.79 Å². The van der Waals surface area contributed by atoms with E-state index in [0.717, 1.165) is 27.7 Å². The largest absolute Gasteiger partial charge is 0.478 e. The first-order valence-electron chi connectivity index (χ1n) is 6.08. The zero-order valence-electron chi connectivity index (χ0n) is 10.7. The molecule has 0 spiro atoms. The van der Waals surface area contributed by atoms with Crippen LogP contribution in [0.1, 0.15) is 21.6 Å². The fourth-order valence-electron chi connectivity index (χ4n) is 2.52. The van der Waals surface area contributed by atoms with Gasteiger partial charge >= 0.3 is 5.97 Å². The summed E-state index contributed by atoms with van der Waals surface area (Å²) in [6.45, 7) is 3.98. The number of carbonyl (C=O) groups is 1. The lowest BCUT2D eigenvalue weighted by Gasteiger charge is -2.02. The fraction of sp³-hybridized carbons (Fsp3) is 0.133. The van der Waals surface area contributed by atoms with Crippen LogP contribution in [0, 0.1) is 13.8 Å². The van der Waals surface area contributed by atoms with Gasteiger partial charge in [0, 0.05) is 28.4 Å². The number of aromatic amines is 2. The number of carboxylic acid groups (broad SMARTS) is 1. The van der Waals surface area contributed by atoms with Crippen molar-refractivity contribution in [1.29, 1.82) is 0 Å². The van der Waals surface area contributed by atoms with Crippen molar-refractivity contribution in [3.63, 3.8) is 0 Å². The highest BCUT2D eigenvalue weighted by atomic mass is 16.4. The van der Waals surface area contributed by atoms with Crippen molar-refractivity contribution in [3.05, 3.63) is 47.3 Å². The van der Waals surface area contributed by atoms with Crippen molar-refractivity contribution >= 4 is 16.9 Å². The maximum Gasteiger partial charge on any atom is 0.337 e. The van der Waals surface area contributed by atoms with Gasteiger partial charge in [0.05, 0.1) is 11.3 Å². The summed E-state index contributed by atoms with van der Waals surface area (Å²) in [6.07, 6.45) is 1.66. The lowest BCUT2D eigenvalue weighted by atomic mass is 10.0. The minimum atomic E-state index is -0.919. The maximum atomic E-state index is 11.3. The molecule has 4 heteroatoms. The fourth-order valence-corrected chi connectivity index (χ4v) is 2.52. The Kier molecular flexibility index (Phi) is 2.45.